The Labute approximate surface area is 179 Å². The van der Waals surface area contributed by atoms with Gasteiger partial charge in [0.2, 0.25) is 15.9 Å². The van der Waals surface area contributed by atoms with E-state index in [2.05, 4.69) is 22.4 Å². The number of aromatic nitrogens is 2. The summed E-state index contributed by atoms with van der Waals surface area (Å²) in [4.78, 5) is 12.6. The molecule has 162 valence electrons. The van der Waals surface area contributed by atoms with E-state index in [0.717, 1.165) is 12.8 Å². The van der Waals surface area contributed by atoms with Crippen LogP contribution in [0.1, 0.15) is 30.1 Å². The molecular weight excluding hydrogens is 423 g/mol. The Morgan fingerprint density at radius 3 is 2.35 bits per heavy atom. The Morgan fingerprint density at radius 1 is 1.06 bits per heavy atom. The number of nitrogens with one attached hydrogen (secondary N) is 1. The lowest BCUT2D eigenvalue weighted by Gasteiger charge is -2.29. The van der Waals surface area contributed by atoms with E-state index in [0.29, 0.717) is 24.6 Å². The Bertz CT molecular complexity index is 1170. The van der Waals surface area contributed by atoms with Crippen molar-refractivity contribution in [1.82, 2.24) is 14.5 Å². The fraction of sp³-hybridized carbons (Fsp3) is 0.286. The van der Waals surface area contributed by atoms with Crippen LogP contribution >= 0.6 is 0 Å². The van der Waals surface area contributed by atoms with Crippen LogP contribution in [-0.4, -0.2) is 41.9 Å². The molecule has 1 fully saturated rings. The quantitative estimate of drug-likeness (QED) is 0.645. The van der Waals surface area contributed by atoms with Gasteiger partial charge in [0.15, 0.2) is 0 Å². The lowest BCUT2D eigenvalue weighted by atomic mass is 10.0. The predicted octanol–water partition coefficient (Wildman–Crippen LogP) is 3.55. The monoisotopic (exact) mass is 444 g/mol. The van der Waals surface area contributed by atoms with Crippen LogP contribution in [0.5, 0.6) is 0 Å². The van der Waals surface area contributed by atoms with E-state index < -0.39 is 21.7 Å². The summed E-state index contributed by atoms with van der Waals surface area (Å²) in [6.45, 7) is 3.11. The molecule has 1 aromatic heterocycles. The fourth-order valence-electron chi connectivity index (χ4n) is 3.30. The van der Waals surface area contributed by atoms with Gasteiger partial charge in [-0.15, -0.1) is 5.10 Å². The fourth-order valence-corrected chi connectivity index (χ4v) is 4.77. The van der Waals surface area contributed by atoms with Crippen molar-refractivity contribution in [2.75, 3.05) is 18.4 Å². The molecule has 1 aliphatic rings. The molecule has 0 bridgehead atoms. The predicted molar refractivity (Wildman–Crippen MR) is 111 cm³/mol. The molecule has 0 atom stereocenters. The van der Waals surface area contributed by atoms with Crippen LogP contribution in [0.25, 0.3) is 11.5 Å². The highest BCUT2D eigenvalue weighted by atomic mass is 32.2. The van der Waals surface area contributed by atoms with Crippen molar-refractivity contribution in [2.45, 2.75) is 24.7 Å². The summed E-state index contributed by atoms with van der Waals surface area (Å²) in [5.41, 5.74) is 0.754. The average molecular weight is 444 g/mol. The number of nitrogens with zero attached hydrogens (tertiary/aromatic N) is 3. The van der Waals surface area contributed by atoms with Gasteiger partial charge in [-0.2, -0.15) is 4.31 Å². The molecule has 31 heavy (non-hydrogen) atoms. The third kappa shape index (κ3) is 4.64. The first kappa shape index (κ1) is 21.1. The number of anilines is 1. The number of amides is 1. The number of benzene rings is 2. The van der Waals surface area contributed by atoms with E-state index in [1.807, 2.05) is 0 Å². The summed E-state index contributed by atoms with van der Waals surface area (Å²) in [7, 11) is -3.58. The molecule has 0 saturated carbocycles. The number of hydrogen-bond donors (Lipinski definition) is 1. The standard InChI is InChI=1S/C21H21FN4O4S/c1-14-10-12-26(13-11-14)31(28,29)18-8-4-15(5-9-18)19(27)23-21-25-24-20(30-21)16-2-6-17(22)7-3-16/h2-9,14H,10-13H2,1H3,(H,23,25,27). The molecular formula is C21H21FN4O4S. The molecule has 0 spiro atoms. The van der Waals surface area contributed by atoms with Crippen LogP contribution in [0.15, 0.2) is 57.8 Å². The average Bonchev–Trinajstić information content (AvgIpc) is 3.23. The Hall–Kier alpha value is -3.11. The molecule has 8 nitrogen and oxygen atoms in total. The maximum absolute atomic E-state index is 13.0. The van der Waals surface area contributed by atoms with Crippen molar-refractivity contribution in [3.05, 3.63) is 59.9 Å². The number of halogens is 1. The normalized spacial score (nSPS) is 15.7. The molecule has 1 aliphatic heterocycles. The van der Waals surface area contributed by atoms with Gasteiger partial charge in [0, 0.05) is 24.2 Å². The van der Waals surface area contributed by atoms with Crippen LogP contribution in [-0.2, 0) is 10.0 Å². The van der Waals surface area contributed by atoms with Gasteiger partial charge in [0.25, 0.3) is 5.91 Å². The first-order valence-corrected chi connectivity index (χ1v) is 11.3. The Balaban J connectivity index is 1.43. The number of sulfonamides is 1. The minimum absolute atomic E-state index is 0.122. The van der Waals surface area contributed by atoms with Crippen LogP contribution in [0.4, 0.5) is 10.4 Å². The largest absolute Gasteiger partial charge is 0.403 e. The highest BCUT2D eigenvalue weighted by molar-refractivity contribution is 7.89. The molecule has 10 heteroatoms. The van der Waals surface area contributed by atoms with Gasteiger partial charge in [-0.3, -0.25) is 10.1 Å². The molecule has 2 heterocycles. The lowest BCUT2D eigenvalue weighted by molar-refractivity contribution is 0.102. The number of hydrogen-bond acceptors (Lipinski definition) is 6. The Morgan fingerprint density at radius 2 is 1.71 bits per heavy atom. The van der Waals surface area contributed by atoms with Crippen molar-refractivity contribution in [3.63, 3.8) is 0 Å². The zero-order chi connectivity index (χ0) is 22.0. The molecule has 2 aromatic carbocycles. The highest BCUT2D eigenvalue weighted by Gasteiger charge is 2.28. The van der Waals surface area contributed by atoms with Gasteiger partial charge >= 0.3 is 6.01 Å². The van der Waals surface area contributed by atoms with Gasteiger partial charge < -0.3 is 4.42 Å². The minimum Gasteiger partial charge on any atom is -0.403 e. The van der Waals surface area contributed by atoms with Gasteiger partial charge in [0.1, 0.15) is 5.82 Å². The maximum atomic E-state index is 13.0. The van der Waals surface area contributed by atoms with Crippen LogP contribution in [0, 0.1) is 11.7 Å². The molecule has 4 rings (SSSR count). The van der Waals surface area contributed by atoms with E-state index >= 15 is 0 Å². The second-order valence-corrected chi connectivity index (χ2v) is 9.42. The maximum Gasteiger partial charge on any atom is 0.322 e. The number of carbonyl (C=O) groups excluding carboxylic acids is 1. The molecule has 3 aromatic rings. The van der Waals surface area contributed by atoms with Gasteiger partial charge in [-0.25, -0.2) is 12.8 Å². The SMILES string of the molecule is CC1CCN(S(=O)(=O)c2ccc(C(=O)Nc3nnc(-c4ccc(F)cc4)o3)cc2)CC1. The summed E-state index contributed by atoms with van der Waals surface area (Å²) >= 11 is 0. The first-order chi connectivity index (χ1) is 14.8. The van der Waals surface area contributed by atoms with E-state index in [1.165, 1.54) is 52.8 Å². The number of carbonyl (C=O) groups is 1. The third-order valence-corrected chi connectivity index (χ3v) is 7.15. The van der Waals surface area contributed by atoms with Crippen molar-refractivity contribution >= 4 is 21.9 Å². The van der Waals surface area contributed by atoms with Crippen LogP contribution in [0.2, 0.25) is 0 Å². The van der Waals surface area contributed by atoms with Gasteiger partial charge in [-0.1, -0.05) is 12.0 Å². The molecule has 0 unspecified atom stereocenters. The Kier molecular flexibility index (Phi) is 5.84. The topological polar surface area (TPSA) is 105 Å². The second-order valence-electron chi connectivity index (χ2n) is 7.48. The summed E-state index contributed by atoms with van der Waals surface area (Å²) in [5.74, 6) is -0.263. The van der Waals surface area contributed by atoms with E-state index in [9.17, 15) is 17.6 Å². The van der Waals surface area contributed by atoms with Crippen molar-refractivity contribution in [2.24, 2.45) is 5.92 Å². The molecule has 0 aliphatic carbocycles. The van der Waals surface area contributed by atoms with Crippen molar-refractivity contribution < 1.29 is 22.0 Å². The molecule has 1 amide bonds. The minimum atomic E-state index is -3.58. The van der Waals surface area contributed by atoms with E-state index in [4.69, 9.17) is 4.42 Å². The summed E-state index contributed by atoms with van der Waals surface area (Å²) in [6.07, 6.45) is 1.67. The van der Waals surface area contributed by atoms with E-state index in [1.54, 1.807) is 0 Å². The zero-order valence-electron chi connectivity index (χ0n) is 16.8. The number of rotatable bonds is 5. The summed E-state index contributed by atoms with van der Waals surface area (Å²) in [5, 5.41) is 10.1. The lowest BCUT2D eigenvalue weighted by Crippen LogP contribution is -2.37. The highest BCUT2D eigenvalue weighted by Crippen LogP contribution is 2.24. The summed E-state index contributed by atoms with van der Waals surface area (Å²) in [6, 6.07) is 11.1. The third-order valence-electron chi connectivity index (χ3n) is 5.23. The number of piperidine rings is 1. The second kappa shape index (κ2) is 8.56. The smallest absolute Gasteiger partial charge is 0.322 e. The van der Waals surface area contributed by atoms with Crippen molar-refractivity contribution in [1.29, 1.82) is 0 Å². The van der Waals surface area contributed by atoms with Crippen molar-refractivity contribution in [3.8, 4) is 11.5 Å². The molecule has 0 radical (unpaired) electrons. The first-order valence-electron chi connectivity index (χ1n) is 9.84. The van der Waals surface area contributed by atoms with Gasteiger partial charge in [-0.05, 0) is 67.3 Å². The molecule has 1 N–H and O–H groups in total. The van der Waals surface area contributed by atoms with Gasteiger partial charge in [0.05, 0.1) is 4.90 Å². The van der Waals surface area contributed by atoms with Crippen LogP contribution < -0.4 is 5.32 Å². The molecule has 1 saturated heterocycles. The van der Waals surface area contributed by atoms with Crippen LogP contribution in [0.3, 0.4) is 0 Å². The zero-order valence-corrected chi connectivity index (χ0v) is 17.6. The summed E-state index contributed by atoms with van der Waals surface area (Å²) < 4.78 is 45.5. The van der Waals surface area contributed by atoms with E-state index in [-0.39, 0.29) is 22.4 Å².